The molecule has 0 amide bonds. The maximum atomic E-state index is 5.32. The SMILES string of the molecule is COc1cccc(NC2=CC(C)(C)CC([NH+]3CCCCC3)=C2)c1. The summed E-state index contributed by atoms with van der Waals surface area (Å²) in [7, 11) is 1.71. The minimum atomic E-state index is 0.204. The Morgan fingerprint density at radius 1 is 1.13 bits per heavy atom. The predicted molar refractivity (Wildman–Crippen MR) is 95.7 cm³/mol. The van der Waals surface area contributed by atoms with Crippen molar-refractivity contribution in [3.8, 4) is 5.75 Å². The molecule has 1 heterocycles. The summed E-state index contributed by atoms with van der Waals surface area (Å²) >= 11 is 0. The van der Waals surface area contributed by atoms with E-state index in [1.54, 1.807) is 17.7 Å². The molecule has 3 nitrogen and oxygen atoms in total. The van der Waals surface area contributed by atoms with Gasteiger partial charge >= 0.3 is 0 Å². The van der Waals surface area contributed by atoms with Gasteiger partial charge in [0.05, 0.1) is 20.2 Å². The molecule has 0 atom stereocenters. The first-order valence-electron chi connectivity index (χ1n) is 8.75. The van der Waals surface area contributed by atoms with Crippen molar-refractivity contribution < 1.29 is 9.64 Å². The molecule has 23 heavy (non-hydrogen) atoms. The Balaban J connectivity index is 1.80. The molecule has 2 aliphatic rings. The predicted octanol–water partition coefficient (Wildman–Crippen LogP) is 3.37. The summed E-state index contributed by atoms with van der Waals surface area (Å²) in [5, 5.41) is 3.57. The second-order valence-corrected chi connectivity index (χ2v) is 7.46. The lowest BCUT2D eigenvalue weighted by Crippen LogP contribution is -3.11. The molecule has 1 saturated heterocycles. The van der Waals surface area contributed by atoms with Crippen molar-refractivity contribution in [2.75, 3.05) is 25.5 Å². The highest BCUT2D eigenvalue weighted by molar-refractivity contribution is 5.55. The van der Waals surface area contributed by atoms with Crippen LogP contribution in [0.15, 0.2) is 47.8 Å². The summed E-state index contributed by atoms with van der Waals surface area (Å²) in [6, 6.07) is 8.13. The molecule has 0 aromatic heterocycles. The summed E-state index contributed by atoms with van der Waals surface area (Å²) < 4.78 is 5.32. The number of ether oxygens (including phenoxy) is 1. The van der Waals surface area contributed by atoms with E-state index < -0.39 is 0 Å². The Bertz CT molecular complexity index is 610. The van der Waals surface area contributed by atoms with E-state index in [9.17, 15) is 0 Å². The van der Waals surface area contributed by atoms with Gasteiger partial charge in [-0.2, -0.15) is 0 Å². The highest BCUT2D eigenvalue weighted by atomic mass is 16.5. The Morgan fingerprint density at radius 3 is 2.65 bits per heavy atom. The van der Waals surface area contributed by atoms with Crippen molar-refractivity contribution in [3.05, 3.63) is 47.8 Å². The van der Waals surface area contributed by atoms with Gasteiger partial charge in [0.2, 0.25) is 0 Å². The van der Waals surface area contributed by atoms with Gasteiger partial charge in [-0.1, -0.05) is 26.0 Å². The Labute approximate surface area is 140 Å². The van der Waals surface area contributed by atoms with E-state index >= 15 is 0 Å². The number of anilines is 1. The topological polar surface area (TPSA) is 25.7 Å². The van der Waals surface area contributed by atoms with Crippen molar-refractivity contribution in [3.63, 3.8) is 0 Å². The minimum absolute atomic E-state index is 0.204. The molecule has 124 valence electrons. The molecule has 0 saturated carbocycles. The number of nitrogens with one attached hydrogen (secondary N) is 2. The minimum Gasteiger partial charge on any atom is -0.497 e. The van der Waals surface area contributed by atoms with E-state index in [0.29, 0.717) is 0 Å². The van der Waals surface area contributed by atoms with Crippen molar-refractivity contribution in [2.24, 2.45) is 5.41 Å². The Hall–Kier alpha value is -1.74. The lowest BCUT2D eigenvalue weighted by Gasteiger charge is -2.33. The van der Waals surface area contributed by atoms with Crippen molar-refractivity contribution >= 4 is 5.69 Å². The standard InChI is InChI=1S/C20H28N2O/c1-20(2)14-17(21-16-8-7-9-19(13-16)23-3)12-18(15-20)22-10-5-4-6-11-22/h7-9,12-14,21H,4-6,10-11,15H2,1-3H3/p+1. The number of quaternary nitrogens is 1. The van der Waals surface area contributed by atoms with Gasteiger partial charge in [-0.3, -0.25) is 0 Å². The fourth-order valence-corrected chi connectivity index (χ4v) is 3.71. The van der Waals surface area contributed by atoms with Crippen molar-refractivity contribution in [2.45, 2.75) is 39.5 Å². The van der Waals surface area contributed by atoms with E-state index in [0.717, 1.165) is 17.9 Å². The molecule has 1 aliphatic carbocycles. The van der Waals surface area contributed by atoms with Crippen LogP contribution in [0.4, 0.5) is 5.69 Å². The Morgan fingerprint density at radius 2 is 1.91 bits per heavy atom. The summed E-state index contributed by atoms with van der Waals surface area (Å²) in [5.41, 5.74) is 4.05. The fourth-order valence-electron chi connectivity index (χ4n) is 3.71. The van der Waals surface area contributed by atoms with Gasteiger partial charge in [-0.15, -0.1) is 0 Å². The first-order chi connectivity index (χ1) is 11.1. The maximum absolute atomic E-state index is 5.32. The molecule has 0 radical (unpaired) electrons. The molecule has 0 unspecified atom stereocenters. The van der Waals surface area contributed by atoms with Gasteiger partial charge in [-0.05, 0) is 36.8 Å². The first-order valence-corrected chi connectivity index (χ1v) is 8.75. The molecule has 1 aromatic rings. The van der Waals surface area contributed by atoms with Crippen LogP contribution in [0.1, 0.15) is 39.5 Å². The van der Waals surface area contributed by atoms with Gasteiger partial charge in [0.15, 0.2) is 0 Å². The molecule has 3 heteroatoms. The number of hydrogen-bond acceptors (Lipinski definition) is 2. The van der Waals surface area contributed by atoms with Crippen LogP contribution in [0.25, 0.3) is 0 Å². The third-order valence-corrected chi connectivity index (χ3v) is 4.79. The highest BCUT2D eigenvalue weighted by Crippen LogP contribution is 2.32. The number of benzene rings is 1. The zero-order chi connectivity index (χ0) is 16.3. The second kappa shape index (κ2) is 6.79. The average Bonchev–Trinajstić information content (AvgIpc) is 2.54. The number of hydrogen-bond donors (Lipinski definition) is 2. The lowest BCUT2D eigenvalue weighted by molar-refractivity contribution is -0.868. The van der Waals surface area contributed by atoms with Gasteiger partial charge in [0.25, 0.3) is 0 Å². The van der Waals surface area contributed by atoms with Crippen LogP contribution in [0, 0.1) is 5.41 Å². The van der Waals surface area contributed by atoms with Crippen molar-refractivity contribution in [1.29, 1.82) is 0 Å². The third-order valence-electron chi connectivity index (χ3n) is 4.79. The van der Waals surface area contributed by atoms with E-state index in [1.807, 2.05) is 18.2 Å². The number of piperidine rings is 1. The quantitative estimate of drug-likeness (QED) is 0.891. The van der Waals surface area contributed by atoms with E-state index in [1.165, 1.54) is 38.0 Å². The highest BCUT2D eigenvalue weighted by Gasteiger charge is 2.29. The monoisotopic (exact) mass is 313 g/mol. The molecule has 2 N–H and O–H groups in total. The first kappa shape index (κ1) is 16.1. The van der Waals surface area contributed by atoms with Gasteiger partial charge in [0.1, 0.15) is 11.4 Å². The molecular formula is C20H29N2O+. The smallest absolute Gasteiger partial charge is 0.120 e. The summed E-state index contributed by atoms with van der Waals surface area (Å²) in [6.07, 6.45) is 9.99. The molecular weight excluding hydrogens is 284 g/mol. The lowest BCUT2D eigenvalue weighted by atomic mass is 9.82. The average molecular weight is 313 g/mol. The fraction of sp³-hybridized carbons (Fsp3) is 0.500. The number of allylic oxidation sites excluding steroid dienone is 3. The van der Waals surface area contributed by atoms with Crippen LogP contribution < -0.4 is 15.0 Å². The van der Waals surface area contributed by atoms with Crippen molar-refractivity contribution in [1.82, 2.24) is 0 Å². The maximum Gasteiger partial charge on any atom is 0.120 e. The largest absolute Gasteiger partial charge is 0.497 e. The summed E-state index contributed by atoms with van der Waals surface area (Å²) in [6.45, 7) is 7.23. The number of methoxy groups -OCH3 is 1. The zero-order valence-electron chi connectivity index (χ0n) is 14.6. The van der Waals surface area contributed by atoms with Crippen LogP contribution in [-0.2, 0) is 0 Å². The third kappa shape index (κ3) is 4.17. The van der Waals surface area contributed by atoms with Crippen LogP contribution in [0.3, 0.4) is 0 Å². The molecule has 1 aromatic carbocycles. The molecule has 3 rings (SSSR count). The van der Waals surface area contributed by atoms with E-state index in [-0.39, 0.29) is 5.41 Å². The molecule has 1 aliphatic heterocycles. The molecule has 0 spiro atoms. The van der Waals surface area contributed by atoms with Gasteiger partial charge in [-0.25, -0.2) is 0 Å². The van der Waals surface area contributed by atoms with Crippen LogP contribution in [0.2, 0.25) is 0 Å². The molecule has 1 fully saturated rings. The van der Waals surface area contributed by atoms with Gasteiger partial charge in [0, 0.05) is 29.9 Å². The molecule has 0 bridgehead atoms. The van der Waals surface area contributed by atoms with Crippen LogP contribution >= 0.6 is 0 Å². The number of rotatable bonds is 4. The zero-order valence-corrected chi connectivity index (χ0v) is 14.6. The van der Waals surface area contributed by atoms with E-state index in [4.69, 9.17) is 4.74 Å². The Kier molecular flexibility index (Phi) is 4.76. The van der Waals surface area contributed by atoms with Crippen LogP contribution in [-0.4, -0.2) is 20.2 Å². The second-order valence-electron chi connectivity index (χ2n) is 7.46. The normalized spacial score (nSPS) is 21.3. The van der Waals surface area contributed by atoms with Gasteiger partial charge < -0.3 is 15.0 Å². The van der Waals surface area contributed by atoms with Crippen LogP contribution in [0.5, 0.6) is 5.75 Å². The number of likely N-dealkylation sites (tertiary alicyclic amines) is 1. The summed E-state index contributed by atoms with van der Waals surface area (Å²) in [4.78, 5) is 1.68. The van der Waals surface area contributed by atoms with E-state index in [2.05, 4.69) is 37.4 Å². The summed E-state index contributed by atoms with van der Waals surface area (Å²) in [5.74, 6) is 0.886.